The molecule has 0 aliphatic carbocycles. The second-order valence-electron chi connectivity index (χ2n) is 6.58. The largest absolute Gasteiger partial charge is 0.391 e. The zero-order valence-corrected chi connectivity index (χ0v) is 14.9. The second kappa shape index (κ2) is 7.22. The Balaban J connectivity index is 1.38. The quantitative estimate of drug-likeness (QED) is 0.595. The molecule has 0 radical (unpaired) electrons. The summed E-state index contributed by atoms with van der Waals surface area (Å²) >= 11 is 1.65. The second-order valence-corrected chi connectivity index (χ2v) is 7.68. The Hall–Kier alpha value is -2.16. The minimum absolute atomic E-state index is 0.176. The molecule has 0 bridgehead atoms. The van der Waals surface area contributed by atoms with Gasteiger partial charge in [-0.1, -0.05) is 0 Å². The van der Waals surface area contributed by atoms with Crippen molar-refractivity contribution in [2.75, 3.05) is 24.6 Å². The Kier molecular flexibility index (Phi) is 4.80. The number of aromatic nitrogens is 3. The van der Waals surface area contributed by atoms with Gasteiger partial charge >= 0.3 is 0 Å². The number of fused-ring (bicyclic) bond motifs is 1. The van der Waals surface area contributed by atoms with Crippen LogP contribution in [0.5, 0.6) is 0 Å². The van der Waals surface area contributed by atoms with Crippen molar-refractivity contribution in [1.82, 2.24) is 19.9 Å². The molecule has 4 N–H and O–H groups in total. The molecule has 3 aromatic rings. The molecule has 0 spiro atoms. The first kappa shape index (κ1) is 17.3. The van der Waals surface area contributed by atoms with E-state index in [1.165, 1.54) is 18.5 Å². The average molecular weight is 373 g/mol. The highest BCUT2D eigenvalue weighted by Gasteiger charge is 2.31. The Bertz CT molecular complexity index is 900. The van der Waals surface area contributed by atoms with Crippen LogP contribution in [0.4, 0.5) is 10.2 Å². The summed E-state index contributed by atoms with van der Waals surface area (Å²) < 4.78 is 13.0. The number of hydrogen-bond acceptors (Lipinski definition) is 6. The minimum atomic E-state index is -0.368. The molecule has 3 heterocycles. The third-order valence-corrected chi connectivity index (χ3v) is 5.93. The predicted octanol–water partition coefficient (Wildman–Crippen LogP) is 2.26. The maximum absolute atomic E-state index is 13.0. The summed E-state index contributed by atoms with van der Waals surface area (Å²) in [5.74, 6) is 1.18. The molecule has 8 heteroatoms. The lowest BCUT2D eigenvalue weighted by Crippen LogP contribution is -2.21. The normalized spacial score (nSPS) is 20.8. The maximum Gasteiger partial charge on any atom is 0.151 e. The molecule has 1 aliphatic heterocycles. The fraction of sp³-hybridized carbons (Fsp3) is 0.333. The molecule has 6 nitrogen and oxygen atoms in total. The van der Waals surface area contributed by atoms with Gasteiger partial charge in [0, 0.05) is 48.0 Å². The molecule has 0 unspecified atom stereocenters. The summed E-state index contributed by atoms with van der Waals surface area (Å²) in [4.78, 5) is 14.7. The fourth-order valence-electron chi connectivity index (χ4n) is 3.34. The summed E-state index contributed by atoms with van der Waals surface area (Å²) in [6.45, 7) is 2.13. The summed E-state index contributed by atoms with van der Waals surface area (Å²) in [6.07, 6.45) is 3.01. The Morgan fingerprint density at radius 2 is 2.08 bits per heavy atom. The number of nitrogens with zero attached hydrogens (tertiary/aromatic N) is 3. The monoisotopic (exact) mass is 373 g/mol. The molecule has 2 aromatic heterocycles. The van der Waals surface area contributed by atoms with E-state index in [2.05, 4.69) is 19.9 Å². The van der Waals surface area contributed by atoms with Gasteiger partial charge in [0.1, 0.15) is 17.7 Å². The van der Waals surface area contributed by atoms with Crippen LogP contribution in [0.2, 0.25) is 0 Å². The van der Waals surface area contributed by atoms with Crippen LogP contribution in [-0.2, 0) is 6.54 Å². The highest BCUT2D eigenvalue weighted by atomic mass is 32.2. The Morgan fingerprint density at radius 3 is 2.88 bits per heavy atom. The zero-order chi connectivity index (χ0) is 18.1. The van der Waals surface area contributed by atoms with E-state index in [1.807, 2.05) is 6.20 Å². The SMILES string of the molecule is Nc1ncnc2c(CN3C[C@H](CSc4ccc(F)cc4)[C@@H](O)C3)c[nH]c12. The number of likely N-dealkylation sites (tertiary alicyclic amines) is 1. The number of anilines is 1. The number of β-amino-alcohol motifs (C(OH)–C–C–N with tert-alkyl or cyclic N) is 1. The highest BCUT2D eigenvalue weighted by molar-refractivity contribution is 7.99. The third kappa shape index (κ3) is 3.53. The van der Waals surface area contributed by atoms with Gasteiger partial charge in [-0.2, -0.15) is 0 Å². The van der Waals surface area contributed by atoms with Crippen molar-refractivity contribution in [3.8, 4) is 0 Å². The summed E-state index contributed by atoms with van der Waals surface area (Å²) in [7, 11) is 0. The predicted molar refractivity (Wildman–Crippen MR) is 100 cm³/mol. The number of rotatable bonds is 5. The first-order valence-corrected chi connectivity index (χ1v) is 9.44. The van der Waals surface area contributed by atoms with Crippen LogP contribution >= 0.6 is 11.8 Å². The van der Waals surface area contributed by atoms with E-state index in [0.717, 1.165) is 33.8 Å². The number of aliphatic hydroxyl groups excluding tert-OH is 1. The van der Waals surface area contributed by atoms with Crippen molar-refractivity contribution in [3.05, 3.63) is 48.2 Å². The van der Waals surface area contributed by atoms with Crippen LogP contribution in [0.1, 0.15) is 5.56 Å². The van der Waals surface area contributed by atoms with Crippen LogP contribution < -0.4 is 5.73 Å². The van der Waals surface area contributed by atoms with E-state index in [9.17, 15) is 9.50 Å². The minimum Gasteiger partial charge on any atom is -0.391 e. The van der Waals surface area contributed by atoms with Gasteiger partial charge in [-0.15, -0.1) is 11.8 Å². The highest BCUT2D eigenvalue weighted by Crippen LogP contribution is 2.28. The number of hydrogen-bond donors (Lipinski definition) is 3. The number of H-pyrrole nitrogens is 1. The third-order valence-electron chi connectivity index (χ3n) is 4.73. The van der Waals surface area contributed by atoms with Crippen LogP contribution in [0.15, 0.2) is 41.7 Å². The van der Waals surface area contributed by atoms with Crippen LogP contribution in [0.25, 0.3) is 11.0 Å². The molecule has 0 amide bonds. The number of benzene rings is 1. The molecule has 4 rings (SSSR count). The van der Waals surface area contributed by atoms with Gasteiger partial charge in [0.15, 0.2) is 5.82 Å². The van der Waals surface area contributed by atoms with Crippen LogP contribution in [0, 0.1) is 11.7 Å². The molecular weight excluding hydrogens is 353 g/mol. The van der Waals surface area contributed by atoms with Gasteiger partial charge in [-0.05, 0) is 24.3 Å². The van der Waals surface area contributed by atoms with Crippen molar-refractivity contribution in [3.63, 3.8) is 0 Å². The van der Waals surface area contributed by atoms with Gasteiger partial charge in [-0.25, -0.2) is 14.4 Å². The van der Waals surface area contributed by atoms with Gasteiger partial charge in [0.05, 0.1) is 11.6 Å². The van der Waals surface area contributed by atoms with E-state index < -0.39 is 0 Å². The zero-order valence-electron chi connectivity index (χ0n) is 14.1. The molecule has 26 heavy (non-hydrogen) atoms. The van der Waals surface area contributed by atoms with Gasteiger partial charge in [0.25, 0.3) is 0 Å². The molecule has 136 valence electrons. The molecular formula is C18H20FN5OS. The fourth-order valence-corrected chi connectivity index (χ4v) is 4.41. The summed E-state index contributed by atoms with van der Waals surface area (Å²) in [5.41, 5.74) is 8.50. The lowest BCUT2D eigenvalue weighted by atomic mass is 10.1. The standard InChI is InChI=1S/C18H20FN5OS/c19-13-1-3-14(4-2-13)26-9-12-7-24(8-15(12)25)6-11-5-21-17-16(11)22-10-23-18(17)20/h1-5,10,12,15,21,25H,6-9H2,(H2,20,22,23)/t12-,15+/m1/s1. The van der Waals surface area contributed by atoms with E-state index in [4.69, 9.17) is 5.73 Å². The lowest BCUT2D eigenvalue weighted by Gasteiger charge is -2.15. The smallest absolute Gasteiger partial charge is 0.151 e. The van der Waals surface area contributed by atoms with Gasteiger partial charge in [0.2, 0.25) is 0 Å². The molecule has 0 saturated carbocycles. The first-order chi connectivity index (χ1) is 12.6. The van der Waals surface area contributed by atoms with Gasteiger partial charge in [-0.3, -0.25) is 4.90 Å². The number of thioether (sulfide) groups is 1. The summed E-state index contributed by atoms with van der Waals surface area (Å²) in [5, 5.41) is 10.4. The molecule has 1 aliphatic rings. The van der Waals surface area contributed by atoms with Crippen molar-refractivity contribution in [1.29, 1.82) is 0 Å². The van der Waals surface area contributed by atoms with E-state index >= 15 is 0 Å². The number of nitrogen functional groups attached to an aromatic ring is 1. The summed E-state index contributed by atoms with van der Waals surface area (Å²) in [6, 6.07) is 6.47. The molecule has 1 fully saturated rings. The number of aromatic amines is 1. The van der Waals surface area contributed by atoms with E-state index in [1.54, 1.807) is 23.9 Å². The van der Waals surface area contributed by atoms with Crippen molar-refractivity contribution in [2.24, 2.45) is 5.92 Å². The topological polar surface area (TPSA) is 91.1 Å². The van der Waals surface area contributed by atoms with E-state index in [0.29, 0.717) is 18.9 Å². The molecule has 1 saturated heterocycles. The Morgan fingerprint density at radius 1 is 1.27 bits per heavy atom. The lowest BCUT2D eigenvalue weighted by molar-refractivity contribution is 0.149. The van der Waals surface area contributed by atoms with Crippen molar-refractivity contribution < 1.29 is 9.50 Å². The molecule has 2 atom stereocenters. The maximum atomic E-state index is 13.0. The van der Waals surface area contributed by atoms with Gasteiger partial charge < -0.3 is 15.8 Å². The number of aliphatic hydroxyl groups is 1. The van der Waals surface area contributed by atoms with Crippen molar-refractivity contribution >= 4 is 28.6 Å². The van der Waals surface area contributed by atoms with Crippen LogP contribution in [0.3, 0.4) is 0 Å². The number of halogens is 1. The van der Waals surface area contributed by atoms with Crippen molar-refractivity contribution in [2.45, 2.75) is 17.5 Å². The first-order valence-electron chi connectivity index (χ1n) is 8.45. The number of nitrogens with two attached hydrogens (primary N) is 1. The average Bonchev–Trinajstić information content (AvgIpc) is 3.19. The number of nitrogens with one attached hydrogen (secondary N) is 1. The van der Waals surface area contributed by atoms with E-state index in [-0.39, 0.29) is 17.8 Å². The van der Waals surface area contributed by atoms with Crippen LogP contribution in [-0.4, -0.2) is 49.9 Å². The molecule has 1 aromatic carbocycles. The Labute approximate surface area is 154 Å².